The first-order valence-electron chi connectivity index (χ1n) is 3.03. The summed E-state index contributed by atoms with van der Waals surface area (Å²) in [5, 5.41) is 8.29. The van der Waals surface area contributed by atoms with Gasteiger partial charge in [-0.05, 0) is 13.3 Å². The Morgan fingerprint density at radius 1 is 1.62 bits per heavy atom. The van der Waals surface area contributed by atoms with Gasteiger partial charge in [-0.2, -0.15) is 0 Å². The van der Waals surface area contributed by atoms with Crippen molar-refractivity contribution in [3.63, 3.8) is 0 Å². The van der Waals surface area contributed by atoms with Gasteiger partial charge in [-0.15, -0.1) is 0 Å². The first-order chi connectivity index (χ1) is 3.81. The van der Waals surface area contributed by atoms with Gasteiger partial charge in [-0.1, -0.05) is 6.92 Å². The molecule has 0 aromatic heterocycles. The summed E-state index contributed by atoms with van der Waals surface area (Å²) in [6, 6.07) is 0. The minimum Gasteiger partial charge on any atom is -0.394 e. The van der Waals surface area contributed by atoms with Crippen molar-refractivity contribution in [1.29, 1.82) is 0 Å². The highest BCUT2D eigenvalue weighted by atomic mass is 16.5. The van der Waals surface area contributed by atoms with Crippen molar-refractivity contribution in [2.45, 2.75) is 26.4 Å². The molecule has 1 N–H and O–H groups in total. The Kier molecular flexibility index (Phi) is 5.01. The molecule has 1 unspecified atom stereocenters. The first-order valence-corrected chi connectivity index (χ1v) is 3.03. The zero-order chi connectivity index (χ0) is 6.41. The molecule has 0 radical (unpaired) electrons. The van der Waals surface area contributed by atoms with Gasteiger partial charge in [0.1, 0.15) is 0 Å². The van der Waals surface area contributed by atoms with Crippen molar-refractivity contribution >= 4 is 0 Å². The Bertz CT molecular complexity index is 45.8. The average molecular weight is 118 g/mol. The lowest BCUT2D eigenvalue weighted by Crippen LogP contribution is -2.09. The molecule has 0 aromatic rings. The molecule has 0 aromatic carbocycles. The van der Waals surface area contributed by atoms with Crippen molar-refractivity contribution in [2.24, 2.45) is 0 Å². The second kappa shape index (κ2) is 5.06. The Hall–Kier alpha value is -0.0800. The Labute approximate surface area is 50.5 Å². The minimum absolute atomic E-state index is 0.129. The van der Waals surface area contributed by atoms with E-state index in [9.17, 15) is 0 Å². The zero-order valence-electron chi connectivity index (χ0n) is 5.55. The first kappa shape index (κ1) is 7.92. The summed E-state index contributed by atoms with van der Waals surface area (Å²) < 4.78 is 5.09. The van der Waals surface area contributed by atoms with E-state index in [1.807, 2.05) is 6.92 Å². The van der Waals surface area contributed by atoms with E-state index in [0.29, 0.717) is 12.7 Å². The molecular weight excluding hydrogens is 104 g/mol. The van der Waals surface area contributed by atoms with E-state index in [1.165, 1.54) is 0 Å². The van der Waals surface area contributed by atoms with Crippen LogP contribution in [0.5, 0.6) is 0 Å². The van der Waals surface area contributed by atoms with Crippen LogP contribution in [0.1, 0.15) is 20.3 Å². The molecule has 0 heterocycles. The van der Waals surface area contributed by atoms with Crippen LogP contribution in [0.4, 0.5) is 0 Å². The van der Waals surface area contributed by atoms with E-state index >= 15 is 0 Å². The number of aliphatic hydroxyl groups excluding tert-OH is 1. The van der Waals surface area contributed by atoms with Crippen LogP contribution in [0.15, 0.2) is 0 Å². The van der Waals surface area contributed by atoms with E-state index in [4.69, 9.17) is 9.84 Å². The molecule has 2 heteroatoms. The van der Waals surface area contributed by atoms with Gasteiger partial charge in [0.05, 0.1) is 19.3 Å². The second-order valence-corrected chi connectivity index (χ2v) is 1.81. The predicted molar refractivity (Wildman–Crippen MR) is 32.8 cm³/mol. The van der Waals surface area contributed by atoms with Crippen molar-refractivity contribution in [3.8, 4) is 0 Å². The molecule has 0 spiro atoms. The van der Waals surface area contributed by atoms with Gasteiger partial charge < -0.3 is 9.84 Å². The summed E-state index contributed by atoms with van der Waals surface area (Å²) in [7, 11) is 0. The van der Waals surface area contributed by atoms with Crippen molar-refractivity contribution < 1.29 is 9.84 Å². The van der Waals surface area contributed by atoms with Crippen LogP contribution in [0.2, 0.25) is 0 Å². The minimum atomic E-state index is 0.129. The summed E-state index contributed by atoms with van der Waals surface area (Å²) in [5.74, 6) is 0. The molecule has 0 rings (SSSR count). The van der Waals surface area contributed by atoms with Gasteiger partial charge in [-0.3, -0.25) is 0 Å². The Morgan fingerprint density at radius 3 is 2.62 bits per heavy atom. The number of rotatable bonds is 4. The van der Waals surface area contributed by atoms with Crippen LogP contribution in [-0.2, 0) is 4.74 Å². The van der Waals surface area contributed by atoms with E-state index in [1.54, 1.807) is 0 Å². The molecule has 0 aliphatic carbocycles. The zero-order valence-corrected chi connectivity index (χ0v) is 5.55. The lowest BCUT2D eigenvalue weighted by molar-refractivity contribution is 0.0374. The number of hydrogen-bond donors (Lipinski definition) is 1. The molecule has 50 valence electrons. The lowest BCUT2D eigenvalue weighted by atomic mass is 10.3. The maximum Gasteiger partial charge on any atom is 0.0701 e. The van der Waals surface area contributed by atoms with Crippen LogP contribution >= 0.6 is 0 Å². The molecule has 1 atom stereocenters. The smallest absolute Gasteiger partial charge is 0.0701 e. The number of ether oxygens (including phenoxy) is 1. The highest BCUT2D eigenvalue weighted by molar-refractivity contribution is 4.42. The highest BCUT2D eigenvalue weighted by Gasteiger charge is 1.94. The fourth-order valence-corrected chi connectivity index (χ4v) is 0.372. The average Bonchev–Trinajstić information content (AvgIpc) is 1.83. The molecule has 0 saturated heterocycles. The van der Waals surface area contributed by atoms with Crippen LogP contribution in [0.3, 0.4) is 0 Å². The van der Waals surface area contributed by atoms with Gasteiger partial charge in [-0.25, -0.2) is 0 Å². The van der Waals surface area contributed by atoms with E-state index in [2.05, 4.69) is 6.92 Å². The molecule has 8 heavy (non-hydrogen) atoms. The van der Waals surface area contributed by atoms with Gasteiger partial charge in [0.2, 0.25) is 0 Å². The normalized spacial score (nSPS) is 13.9. The van der Waals surface area contributed by atoms with Gasteiger partial charge in [0, 0.05) is 0 Å². The van der Waals surface area contributed by atoms with E-state index in [0.717, 1.165) is 6.42 Å². The lowest BCUT2D eigenvalue weighted by Gasteiger charge is -2.07. The molecule has 0 aliphatic rings. The molecule has 0 aliphatic heterocycles. The molecule has 2 nitrogen and oxygen atoms in total. The van der Waals surface area contributed by atoms with Crippen molar-refractivity contribution in [2.75, 3.05) is 13.2 Å². The quantitative estimate of drug-likeness (QED) is 0.591. The molecular formula is C6H14O2. The topological polar surface area (TPSA) is 29.5 Å². The monoisotopic (exact) mass is 118 g/mol. The van der Waals surface area contributed by atoms with Gasteiger partial charge in [0.25, 0.3) is 0 Å². The third-order valence-electron chi connectivity index (χ3n) is 1.07. The number of aliphatic hydroxyl groups is 1. The van der Waals surface area contributed by atoms with E-state index < -0.39 is 0 Å². The fraction of sp³-hybridized carbons (Fsp3) is 1.00. The predicted octanol–water partition coefficient (Wildman–Crippen LogP) is 0.794. The summed E-state index contributed by atoms with van der Waals surface area (Å²) in [4.78, 5) is 0. The molecule has 0 amide bonds. The Balaban J connectivity index is 2.86. The molecule has 0 fully saturated rings. The van der Waals surface area contributed by atoms with Crippen molar-refractivity contribution in [1.82, 2.24) is 0 Å². The third-order valence-corrected chi connectivity index (χ3v) is 1.07. The summed E-state index contributed by atoms with van der Waals surface area (Å²) >= 11 is 0. The summed E-state index contributed by atoms with van der Waals surface area (Å²) in [5.41, 5.74) is 0. The Morgan fingerprint density at radius 2 is 2.25 bits per heavy atom. The van der Waals surface area contributed by atoms with Gasteiger partial charge >= 0.3 is 0 Å². The fourth-order valence-electron chi connectivity index (χ4n) is 0.372. The summed E-state index contributed by atoms with van der Waals surface area (Å²) in [6.45, 7) is 4.65. The van der Waals surface area contributed by atoms with E-state index in [-0.39, 0.29) is 6.61 Å². The SMILES string of the molecule is CCC(C)OCCO. The standard InChI is InChI=1S/C6H14O2/c1-3-6(2)8-5-4-7/h6-7H,3-5H2,1-2H3. The van der Waals surface area contributed by atoms with Crippen molar-refractivity contribution in [3.05, 3.63) is 0 Å². The second-order valence-electron chi connectivity index (χ2n) is 1.81. The van der Waals surface area contributed by atoms with Gasteiger partial charge in [0.15, 0.2) is 0 Å². The maximum atomic E-state index is 8.29. The highest BCUT2D eigenvalue weighted by Crippen LogP contribution is 1.93. The molecule has 0 bridgehead atoms. The largest absolute Gasteiger partial charge is 0.394 e. The van der Waals surface area contributed by atoms with Crippen LogP contribution in [0, 0.1) is 0 Å². The van der Waals surface area contributed by atoms with Crippen LogP contribution < -0.4 is 0 Å². The molecule has 0 saturated carbocycles. The van der Waals surface area contributed by atoms with Crippen LogP contribution in [0.25, 0.3) is 0 Å². The maximum absolute atomic E-state index is 8.29. The van der Waals surface area contributed by atoms with Crippen LogP contribution in [-0.4, -0.2) is 24.4 Å². The summed E-state index contributed by atoms with van der Waals surface area (Å²) in [6.07, 6.45) is 1.31. The third kappa shape index (κ3) is 4.09. The number of hydrogen-bond acceptors (Lipinski definition) is 2.